The van der Waals surface area contributed by atoms with Gasteiger partial charge in [0.1, 0.15) is 6.54 Å². The third kappa shape index (κ3) is 3.36. The Morgan fingerprint density at radius 1 is 1.67 bits per heavy atom. The van der Waals surface area contributed by atoms with E-state index >= 15 is 0 Å². The Bertz CT molecular complexity index is 346. The van der Waals surface area contributed by atoms with Crippen LogP contribution >= 0.6 is 0 Å². The second-order valence-corrected chi connectivity index (χ2v) is 3.74. The standard InChI is InChI=1S/C10H17N3O2/c1-7-4-9(3)13(12-7)5-10(15)11-8(2)6-14/h4,8,14H,5-6H2,1-3H3,(H,11,15)/t8-/m1/s1. The number of amides is 1. The summed E-state index contributed by atoms with van der Waals surface area (Å²) in [4.78, 5) is 11.5. The van der Waals surface area contributed by atoms with E-state index in [0.29, 0.717) is 0 Å². The number of rotatable bonds is 4. The summed E-state index contributed by atoms with van der Waals surface area (Å²) in [6.07, 6.45) is 0. The van der Waals surface area contributed by atoms with Gasteiger partial charge >= 0.3 is 0 Å². The van der Waals surface area contributed by atoms with Crippen molar-refractivity contribution in [3.63, 3.8) is 0 Å². The fourth-order valence-electron chi connectivity index (χ4n) is 1.34. The summed E-state index contributed by atoms with van der Waals surface area (Å²) in [5.74, 6) is -0.136. The van der Waals surface area contributed by atoms with Crippen molar-refractivity contribution in [1.82, 2.24) is 15.1 Å². The zero-order chi connectivity index (χ0) is 11.4. The Labute approximate surface area is 89.1 Å². The van der Waals surface area contributed by atoms with Crippen LogP contribution in [0.2, 0.25) is 0 Å². The van der Waals surface area contributed by atoms with Gasteiger partial charge in [-0.1, -0.05) is 0 Å². The molecule has 0 spiro atoms. The summed E-state index contributed by atoms with van der Waals surface area (Å²) in [6.45, 7) is 5.69. The van der Waals surface area contributed by atoms with Crippen LogP contribution in [0.3, 0.4) is 0 Å². The molecule has 0 fully saturated rings. The van der Waals surface area contributed by atoms with Crippen molar-refractivity contribution in [2.24, 2.45) is 0 Å². The first-order valence-electron chi connectivity index (χ1n) is 4.94. The Morgan fingerprint density at radius 3 is 2.80 bits per heavy atom. The van der Waals surface area contributed by atoms with Crippen LogP contribution < -0.4 is 5.32 Å². The Kier molecular flexibility index (Phi) is 3.85. The minimum atomic E-state index is -0.213. The second kappa shape index (κ2) is 4.93. The molecule has 0 aliphatic rings. The van der Waals surface area contributed by atoms with Crippen LogP contribution in [0.5, 0.6) is 0 Å². The lowest BCUT2D eigenvalue weighted by atomic mass is 10.3. The number of carbonyl (C=O) groups is 1. The summed E-state index contributed by atoms with van der Waals surface area (Å²) < 4.78 is 1.65. The third-order valence-corrected chi connectivity index (χ3v) is 2.08. The quantitative estimate of drug-likeness (QED) is 0.736. The van der Waals surface area contributed by atoms with Gasteiger partial charge in [-0.2, -0.15) is 5.10 Å². The Balaban J connectivity index is 2.55. The molecule has 15 heavy (non-hydrogen) atoms. The summed E-state index contributed by atoms with van der Waals surface area (Å²) in [5.41, 5.74) is 1.86. The molecule has 0 aromatic carbocycles. The van der Waals surface area contributed by atoms with E-state index in [1.54, 1.807) is 11.6 Å². The average Bonchev–Trinajstić information content (AvgIpc) is 2.44. The molecule has 2 N–H and O–H groups in total. The summed E-state index contributed by atoms with van der Waals surface area (Å²) >= 11 is 0. The summed E-state index contributed by atoms with van der Waals surface area (Å²) in [7, 11) is 0. The lowest BCUT2D eigenvalue weighted by Gasteiger charge is -2.11. The molecular weight excluding hydrogens is 194 g/mol. The van der Waals surface area contributed by atoms with Gasteiger partial charge in [0.2, 0.25) is 5.91 Å². The molecule has 1 aromatic heterocycles. The van der Waals surface area contributed by atoms with E-state index in [9.17, 15) is 4.79 Å². The van der Waals surface area contributed by atoms with Gasteiger partial charge < -0.3 is 10.4 Å². The average molecular weight is 211 g/mol. The number of carbonyl (C=O) groups excluding carboxylic acids is 1. The van der Waals surface area contributed by atoms with E-state index in [2.05, 4.69) is 10.4 Å². The monoisotopic (exact) mass is 211 g/mol. The zero-order valence-electron chi connectivity index (χ0n) is 9.32. The number of aliphatic hydroxyl groups is 1. The molecule has 0 saturated heterocycles. The molecule has 1 amide bonds. The minimum absolute atomic E-state index is 0.0527. The molecule has 5 heteroatoms. The van der Waals surface area contributed by atoms with Crippen LogP contribution in [0, 0.1) is 13.8 Å². The predicted molar refractivity (Wildman–Crippen MR) is 56.4 cm³/mol. The fraction of sp³-hybridized carbons (Fsp3) is 0.600. The van der Waals surface area contributed by atoms with Crippen molar-refractivity contribution in [2.75, 3.05) is 6.61 Å². The van der Waals surface area contributed by atoms with Crippen LogP contribution in [0.15, 0.2) is 6.07 Å². The number of hydrogen-bond acceptors (Lipinski definition) is 3. The first-order chi connectivity index (χ1) is 7.02. The molecule has 1 rings (SSSR count). The molecule has 1 aromatic rings. The SMILES string of the molecule is Cc1cc(C)n(CC(=O)N[C@H](C)CO)n1. The van der Waals surface area contributed by atoms with Crippen LogP contribution in [0.4, 0.5) is 0 Å². The number of aromatic nitrogens is 2. The molecule has 0 bridgehead atoms. The highest BCUT2D eigenvalue weighted by Gasteiger charge is 2.09. The number of nitrogens with zero attached hydrogens (tertiary/aromatic N) is 2. The maximum atomic E-state index is 11.5. The second-order valence-electron chi connectivity index (χ2n) is 3.74. The molecule has 0 aliphatic carbocycles. The van der Waals surface area contributed by atoms with E-state index in [1.807, 2.05) is 19.9 Å². The van der Waals surface area contributed by atoms with Crippen LogP contribution in [-0.2, 0) is 11.3 Å². The molecule has 1 heterocycles. The highest BCUT2D eigenvalue weighted by Crippen LogP contribution is 2.01. The highest BCUT2D eigenvalue weighted by atomic mass is 16.3. The Morgan fingerprint density at radius 2 is 2.33 bits per heavy atom. The lowest BCUT2D eigenvalue weighted by molar-refractivity contribution is -0.122. The number of nitrogens with one attached hydrogen (secondary N) is 1. The van der Waals surface area contributed by atoms with Gasteiger partial charge in [-0.05, 0) is 26.8 Å². The van der Waals surface area contributed by atoms with Crippen LogP contribution in [-0.4, -0.2) is 33.4 Å². The number of hydrogen-bond donors (Lipinski definition) is 2. The first kappa shape index (κ1) is 11.7. The minimum Gasteiger partial charge on any atom is -0.394 e. The first-order valence-corrected chi connectivity index (χ1v) is 4.94. The van der Waals surface area contributed by atoms with Crippen molar-refractivity contribution in [3.8, 4) is 0 Å². The topological polar surface area (TPSA) is 67.2 Å². The zero-order valence-corrected chi connectivity index (χ0v) is 9.32. The van der Waals surface area contributed by atoms with E-state index in [4.69, 9.17) is 5.11 Å². The largest absolute Gasteiger partial charge is 0.394 e. The maximum absolute atomic E-state index is 11.5. The smallest absolute Gasteiger partial charge is 0.242 e. The van der Waals surface area contributed by atoms with Gasteiger partial charge in [-0.3, -0.25) is 9.48 Å². The number of aliphatic hydroxyl groups excluding tert-OH is 1. The summed E-state index contributed by atoms with van der Waals surface area (Å²) in [6, 6.07) is 1.71. The Hall–Kier alpha value is -1.36. The van der Waals surface area contributed by atoms with E-state index in [-0.39, 0.29) is 25.1 Å². The molecule has 5 nitrogen and oxygen atoms in total. The van der Waals surface area contributed by atoms with Gasteiger partial charge in [0.15, 0.2) is 0 Å². The van der Waals surface area contributed by atoms with Crippen LogP contribution in [0.1, 0.15) is 18.3 Å². The van der Waals surface area contributed by atoms with Gasteiger partial charge in [-0.15, -0.1) is 0 Å². The summed E-state index contributed by atoms with van der Waals surface area (Å²) in [5, 5.41) is 15.6. The van der Waals surface area contributed by atoms with Crippen molar-refractivity contribution in [1.29, 1.82) is 0 Å². The molecule has 0 unspecified atom stereocenters. The van der Waals surface area contributed by atoms with Gasteiger partial charge in [0, 0.05) is 11.7 Å². The molecule has 0 radical (unpaired) electrons. The molecular formula is C10H17N3O2. The predicted octanol–water partition coefficient (Wildman–Crippen LogP) is -0.00306. The number of aryl methyl sites for hydroxylation is 2. The van der Waals surface area contributed by atoms with Crippen molar-refractivity contribution in [3.05, 3.63) is 17.5 Å². The van der Waals surface area contributed by atoms with E-state index in [0.717, 1.165) is 11.4 Å². The van der Waals surface area contributed by atoms with Crippen molar-refractivity contribution >= 4 is 5.91 Å². The van der Waals surface area contributed by atoms with E-state index < -0.39 is 0 Å². The van der Waals surface area contributed by atoms with Gasteiger partial charge in [0.25, 0.3) is 0 Å². The molecule has 1 atom stereocenters. The lowest BCUT2D eigenvalue weighted by Crippen LogP contribution is -2.37. The normalized spacial score (nSPS) is 12.5. The third-order valence-electron chi connectivity index (χ3n) is 2.08. The van der Waals surface area contributed by atoms with Gasteiger partial charge in [-0.25, -0.2) is 0 Å². The van der Waals surface area contributed by atoms with Crippen molar-refractivity contribution < 1.29 is 9.90 Å². The molecule has 84 valence electrons. The fourth-order valence-corrected chi connectivity index (χ4v) is 1.34. The molecule has 0 aliphatic heterocycles. The van der Waals surface area contributed by atoms with Gasteiger partial charge in [0.05, 0.1) is 12.3 Å². The highest BCUT2D eigenvalue weighted by molar-refractivity contribution is 5.76. The van der Waals surface area contributed by atoms with E-state index in [1.165, 1.54) is 0 Å². The van der Waals surface area contributed by atoms with Crippen molar-refractivity contribution in [2.45, 2.75) is 33.4 Å². The maximum Gasteiger partial charge on any atom is 0.242 e. The molecule has 0 saturated carbocycles. The van der Waals surface area contributed by atoms with Crippen LogP contribution in [0.25, 0.3) is 0 Å².